The van der Waals surface area contributed by atoms with Gasteiger partial charge in [-0.2, -0.15) is 0 Å². The van der Waals surface area contributed by atoms with Crippen LogP contribution in [0.5, 0.6) is 0 Å². The zero-order valence-corrected chi connectivity index (χ0v) is 12.3. The second-order valence-corrected chi connectivity index (χ2v) is 6.05. The number of hydrogen-bond acceptors (Lipinski definition) is 1. The summed E-state index contributed by atoms with van der Waals surface area (Å²) in [7, 11) is 0. The monoisotopic (exact) mass is 245 g/mol. The van der Waals surface area contributed by atoms with Gasteiger partial charge in [0.25, 0.3) is 0 Å². The molecule has 1 heteroatoms. The van der Waals surface area contributed by atoms with Gasteiger partial charge in [0, 0.05) is 11.9 Å². The van der Waals surface area contributed by atoms with Crippen molar-refractivity contribution >= 4 is 0 Å². The van der Waals surface area contributed by atoms with E-state index in [9.17, 15) is 0 Å². The molecule has 0 saturated heterocycles. The molecule has 1 nitrogen and oxygen atoms in total. The van der Waals surface area contributed by atoms with Crippen LogP contribution in [-0.2, 0) is 18.3 Å². The quantitative estimate of drug-likeness (QED) is 0.693. The van der Waals surface area contributed by atoms with Gasteiger partial charge in [0.2, 0.25) is 0 Å². The van der Waals surface area contributed by atoms with Gasteiger partial charge in [-0.1, -0.05) is 39.7 Å². The first-order chi connectivity index (χ1) is 8.69. The standard InChI is InChI=1S/C17H27N/c1-4-11-17(3,5-2)15-12-14-9-7-6-8-10-16(14)18-13-15/h12-13H,4-11H2,1-3H3. The molecule has 0 aliphatic heterocycles. The summed E-state index contributed by atoms with van der Waals surface area (Å²) in [5.74, 6) is 0. The number of nitrogens with zero attached hydrogens (tertiary/aromatic N) is 1. The highest BCUT2D eigenvalue weighted by atomic mass is 14.7. The van der Waals surface area contributed by atoms with Crippen LogP contribution in [0.4, 0.5) is 0 Å². The van der Waals surface area contributed by atoms with Crippen LogP contribution >= 0.6 is 0 Å². The molecule has 1 aliphatic rings. The summed E-state index contributed by atoms with van der Waals surface area (Å²) < 4.78 is 0. The number of hydrogen-bond donors (Lipinski definition) is 0. The molecule has 1 heterocycles. The third kappa shape index (κ3) is 2.76. The lowest BCUT2D eigenvalue weighted by atomic mass is 9.76. The fraction of sp³-hybridized carbons (Fsp3) is 0.706. The second-order valence-electron chi connectivity index (χ2n) is 6.05. The zero-order valence-electron chi connectivity index (χ0n) is 12.3. The fourth-order valence-corrected chi connectivity index (χ4v) is 3.17. The van der Waals surface area contributed by atoms with Gasteiger partial charge in [-0.25, -0.2) is 0 Å². The second kappa shape index (κ2) is 5.86. The Bertz CT molecular complexity index is 397. The average Bonchev–Trinajstić information content (AvgIpc) is 2.63. The predicted molar refractivity (Wildman–Crippen MR) is 78.0 cm³/mol. The normalized spacial score (nSPS) is 18.8. The van der Waals surface area contributed by atoms with E-state index in [1.54, 1.807) is 0 Å². The van der Waals surface area contributed by atoms with Gasteiger partial charge in [0.1, 0.15) is 0 Å². The predicted octanol–water partition coefficient (Wildman–Crippen LogP) is 4.82. The summed E-state index contributed by atoms with van der Waals surface area (Å²) in [6.45, 7) is 6.99. The first-order valence-corrected chi connectivity index (χ1v) is 7.68. The molecule has 18 heavy (non-hydrogen) atoms. The summed E-state index contributed by atoms with van der Waals surface area (Å²) in [4.78, 5) is 4.78. The first-order valence-electron chi connectivity index (χ1n) is 7.68. The summed E-state index contributed by atoms with van der Waals surface area (Å²) >= 11 is 0. The van der Waals surface area contributed by atoms with Gasteiger partial charge in [0.15, 0.2) is 0 Å². The summed E-state index contributed by atoms with van der Waals surface area (Å²) in [5.41, 5.74) is 4.68. The Balaban J connectivity index is 2.31. The molecular weight excluding hydrogens is 218 g/mol. The number of aryl methyl sites for hydroxylation is 2. The molecule has 100 valence electrons. The first kappa shape index (κ1) is 13.6. The molecule has 0 N–H and O–H groups in total. The van der Waals surface area contributed by atoms with E-state index in [0.29, 0.717) is 5.41 Å². The van der Waals surface area contributed by atoms with E-state index < -0.39 is 0 Å². The Labute approximate surface area is 112 Å². The van der Waals surface area contributed by atoms with E-state index in [4.69, 9.17) is 4.98 Å². The van der Waals surface area contributed by atoms with E-state index in [-0.39, 0.29) is 0 Å². The minimum atomic E-state index is 0.323. The van der Waals surface area contributed by atoms with Crippen molar-refractivity contribution in [2.24, 2.45) is 0 Å². The van der Waals surface area contributed by atoms with Gasteiger partial charge in [-0.15, -0.1) is 0 Å². The lowest BCUT2D eigenvalue weighted by Gasteiger charge is -2.29. The van der Waals surface area contributed by atoms with Crippen molar-refractivity contribution in [2.75, 3.05) is 0 Å². The molecule has 1 atom stereocenters. The van der Waals surface area contributed by atoms with Crippen LogP contribution in [0.3, 0.4) is 0 Å². The maximum atomic E-state index is 4.78. The molecule has 1 aromatic rings. The van der Waals surface area contributed by atoms with Crippen LogP contribution in [0, 0.1) is 0 Å². The molecule has 0 radical (unpaired) electrons. The smallest absolute Gasteiger partial charge is 0.0435 e. The molecule has 0 saturated carbocycles. The van der Waals surface area contributed by atoms with Crippen LogP contribution < -0.4 is 0 Å². The number of fused-ring (bicyclic) bond motifs is 1. The molecule has 1 aromatic heterocycles. The van der Waals surface area contributed by atoms with E-state index >= 15 is 0 Å². The highest BCUT2D eigenvalue weighted by Crippen LogP contribution is 2.33. The van der Waals surface area contributed by atoms with Crippen molar-refractivity contribution < 1.29 is 0 Å². The Morgan fingerprint density at radius 2 is 1.94 bits per heavy atom. The van der Waals surface area contributed by atoms with Crippen LogP contribution in [0.2, 0.25) is 0 Å². The lowest BCUT2D eigenvalue weighted by molar-refractivity contribution is 0.412. The largest absolute Gasteiger partial charge is 0.261 e. The van der Waals surface area contributed by atoms with Crippen LogP contribution in [0.1, 0.15) is 76.1 Å². The Kier molecular flexibility index (Phi) is 4.42. The summed E-state index contributed by atoms with van der Waals surface area (Å²) in [6.07, 6.45) is 12.3. The lowest BCUT2D eigenvalue weighted by Crippen LogP contribution is -2.21. The van der Waals surface area contributed by atoms with Crippen molar-refractivity contribution in [1.29, 1.82) is 0 Å². The van der Waals surface area contributed by atoms with Crippen molar-refractivity contribution in [3.8, 4) is 0 Å². The van der Waals surface area contributed by atoms with Crippen LogP contribution in [-0.4, -0.2) is 4.98 Å². The van der Waals surface area contributed by atoms with Gasteiger partial charge < -0.3 is 0 Å². The fourth-order valence-electron chi connectivity index (χ4n) is 3.17. The van der Waals surface area contributed by atoms with E-state index in [1.165, 1.54) is 68.2 Å². The third-order valence-electron chi connectivity index (χ3n) is 4.70. The van der Waals surface area contributed by atoms with Crippen LogP contribution in [0.25, 0.3) is 0 Å². The van der Waals surface area contributed by atoms with Crippen LogP contribution in [0.15, 0.2) is 12.3 Å². The Hall–Kier alpha value is -0.850. The molecule has 0 amide bonds. The van der Waals surface area contributed by atoms with E-state index in [1.807, 2.05) is 0 Å². The van der Waals surface area contributed by atoms with Gasteiger partial charge in [-0.3, -0.25) is 4.98 Å². The maximum absolute atomic E-state index is 4.78. The van der Waals surface area contributed by atoms with Gasteiger partial charge >= 0.3 is 0 Å². The summed E-state index contributed by atoms with van der Waals surface area (Å²) in [5, 5.41) is 0. The molecule has 0 spiro atoms. The minimum absolute atomic E-state index is 0.323. The average molecular weight is 245 g/mol. The molecule has 1 aliphatic carbocycles. The van der Waals surface area contributed by atoms with E-state index in [2.05, 4.69) is 33.0 Å². The van der Waals surface area contributed by atoms with Gasteiger partial charge in [0.05, 0.1) is 0 Å². The molecule has 2 rings (SSSR count). The SMILES string of the molecule is CCCC(C)(CC)c1cnc2c(c1)CCCCC2. The minimum Gasteiger partial charge on any atom is -0.261 e. The highest BCUT2D eigenvalue weighted by molar-refractivity contribution is 5.31. The Morgan fingerprint density at radius 3 is 2.67 bits per heavy atom. The third-order valence-corrected chi connectivity index (χ3v) is 4.70. The maximum Gasteiger partial charge on any atom is 0.0435 e. The van der Waals surface area contributed by atoms with Crippen molar-refractivity contribution in [2.45, 2.75) is 77.6 Å². The molecule has 0 bridgehead atoms. The zero-order chi connectivity index (χ0) is 13.0. The van der Waals surface area contributed by atoms with E-state index in [0.717, 1.165) is 0 Å². The van der Waals surface area contributed by atoms with Gasteiger partial charge in [-0.05, 0) is 55.1 Å². The molecular formula is C17H27N. The molecule has 0 fully saturated rings. The topological polar surface area (TPSA) is 12.9 Å². The Morgan fingerprint density at radius 1 is 1.17 bits per heavy atom. The highest BCUT2D eigenvalue weighted by Gasteiger charge is 2.25. The van der Waals surface area contributed by atoms with Crippen molar-refractivity contribution in [1.82, 2.24) is 4.98 Å². The molecule has 1 unspecified atom stereocenters. The molecule has 0 aromatic carbocycles. The number of rotatable bonds is 4. The van der Waals surface area contributed by atoms with Crippen molar-refractivity contribution in [3.05, 3.63) is 29.1 Å². The number of aromatic nitrogens is 1. The number of pyridine rings is 1. The summed E-state index contributed by atoms with van der Waals surface area (Å²) in [6, 6.07) is 2.47. The van der Waals surface area contributed by atoms with Crippen molar-refractivity contribution in [3.63, 3.8) is 0 Å².